The predicted molar refractivity (Wildman–Crippen MR) is 163 cm³/mol. The molecule has 42 heavy (non-hydrogen) atoms. The van der Waals surface area contributed by atoms with Crippen LogP contribution in [0.5, 0.6) is 0 Å². The highest BCUT2D eigenvalue weighted by molar-refractivity contribution is 7.92. The number of likely N-dealkylation sites (tertiary alicyclic amines) is 1. The summed E-state index contributed by atoms with van der Waals surface area (Å²) in [6.07, 6.45) is 3.69. The van der Waals surface area contributed by atoms with Crippen molar-refractivity contribution in [1.29, 1.82) is 0 Å². The van der Waals surface area contributed by atoms with Gasteiger partial charge < -0.3 is 14.6 Å². The first kappa shape index (κ1) is 29.3. The molecule has 5 atom stereocenters. The Bertz CT molecular complexity index is 1480. The maximum Gasteiger partial charge on any atom is 0.261 e. The average Bonchev–Trinajstić information content (AvgIpc) is 3.20. The zero-order valence-corrected chi connectivity index (χ0v) is 25.5. The summed E-state index contributed by atoms with van der Waals surface area (Å²) in [5.74, 6) is 0. The van der Waals surface area contributed by atoms with Crippen LogP contribution in [0.3, 0.4) is 0 Å². The van der Waals surface area contributed by atoms with Crippen LogP contribution in [-0.2, 0) is 26.1 Å². The maximum absolute atomic E-state index is 12.8. The number of rotatable bonds is 8. The molecule has 0 radical (unpaired) electrons. The normalized spacial score (nSPS) is 29.3. The van der Waals surface area contributed by atoms with Crippen LogP contribution in [-0.4, -0.2) is 43.7 Å². The van der Waals surface area contributed by atoms with Crippen LogP contribution in [0, 0.1) is 10.8 Å². The van der Waals surface area contributed by atoms with E-state index >= 15 is 0 Å². The molecule has 6 rings (SSSR count). The van der Waals surface area contributed by atoms with Gasteiger partial charge in [0, 0.05) is 36.8 Å². The number of hydrogen-bond acceptors (Lipinski definition) is 6. The summed E-state index contributed by atoms with van der Waals surface area (Å²) >= 11 is 0. The summed E-state index contributed by atoms with van der Waals surface area (Å²) in [5, 5.41) is 9.52. The van der Waals surface area contributed by atoms with Crippen LogP contribution in [0.15, 0.2) is 83.8 Å². The van der Waals surface area contributed by atoms with E-state index in [0.29, 0.717) is 22.6 Å². The van der Waals surface area contributed by atoms with Gasteiger partial charge in [-0.25, -0.2) is 8.42 Å². The quantitative estimate of drug-likeness (QED) is 0.315. The Labute approximate surface area is 249 Å². The van der Waals surface area contributed by atoms with Crippen molar-refractivity contribution in [3.8, 4) is 0 Å². The Morgan fingerprint density at radius 3 is 2.29 bits per heavy atom. The summed E-state index contributed by atoms with van der Waals surface area (Å²) in [6.45, 7) is 9.20. The molecule has 3 aromatic rings. The van der Waals surface area contributed by atoms with Crippen LogP contribution in [0.4, 0.5) is 5.69 Å². The monoisotopic (exact) mass is 590 g/mol. The molecule has 0 aromatic heterocycles. The Balaban J connectivity index is 1.21. The van der Waals surface area contributed by atoms with E-state index in [4.69, 9.17) is 9.47 Å². The van der Waals surface area contributed by atoms with E-state index in [9.17, 15) is 13.5 Å². The molecule has 8 heteroatoms. The van der Waals surface area contributed by atoms with Crippen molar-refractivity contribution in [2.75, 3.05) is 17.8 Å². The molecule has 1 saturated carbocycles. The first-order valence-electron chi connectivity index (χ1n) is 14.9. The minimum atomic E-state index is -3.68. The Morgan fingerprint density at radius 2 is 1.60 bits per heavy atom. The standard InChI is InChI=1S/C34H42N2O5S/c1-33(2)18-28-19-34(3,22-33)23-36(28)20-29-17-31(25-11-9-24(21-37)10-12-25)41-32(40-29)26-13-15-27(16-14-26)35-42(38,39)30-7-5-4-6-8-30/h4-16,28-29,31-32,35,37H,17-23H2,1-3H3/t28?,29-,31+,32+,34?/m1/s1. The number of nitrogens with one attached hydrogen (secondary N) is 1. The summed E-state index contributed by atoms with van der Waals surface area (Å²) in [6, 6.07) is 24.1. The average molecular weight is 591 g/mol. The summed E-state index contributed by atoms with van der Waals surface area (Å²) in [4.78, 5) is 2.87. The number of anilines is 1. The van der Waals surface area contributed by atoms with E-state index in [-0.39, 0.29) is 23.7 Å². The number of aliphatic hydroxyl groups excluding tert-OH is 1. The molecule has 7 nitrogen and oxygen atoms in total. The van der Waals surface area contributed by atoms with E-state index < -0.39 is 16.3 Å². The van der Waals surface area contributed by atoms with Crippen LogP contribution in [0.2, 0.25) is 0 Å². The molecular formula is C34H42N2O5S. The molecule has 0 spiro atoms. The number of sulfonamides is 1. The summed E-state index contributed by atoms with van der Waals surface area (Å²) < 4.78 is 41.4. The Morgan fingerprint density at radius 1 is 0.905 bits per heavy atom. The first-order valence-corrected chi connectivity index (χ1v) is 16.4. The number of benzene rings is 3. The number of hydrogen-bond donors (Lipinski definition) is 2. The number of fused-ring (bicyclic) bond motifs is 2. The molecule has 2 aliphatic heterocycles. The maximum atomic E-state index is 12.8. The lowest BCUT2D eigenvalue weighted by Crippen LogP contribution is -2.42. The van der Waals surface area contributed by atoms with E-state index in [1.807, 2.05) is 36.4 Å². The zero-order chi connectivity index (χ0) is 29.5. The second-order valence-electron chi connectivity index (χ2n) is 13.5. The van der Waals surface area contributed by atoms with Gasteiger partial charge >= 0.3 is 0 Å². The third kappa shape index (κ3) is 6.43. The summed E-state index contributed by atoms with van der Waals surface area (Å²) in [5.41, 5.74) is 3.95. The van der Waals surface area contributed by atoms with E-state index in [1.165, 1.54) is 19.3 Å². The minimum absolute atomic E-state index is 0.00596. The van der Waals surface area contributed by atoms with E-state index in [1.54, 1.807) is 42.5 Å². The predicted octanol–water partition coefficient (Wildman–Crippen LogP) is 6.43. The van der Waals surface area contributed by atoms with E-state index in [2.05, 4.69) is 30.4 Å². The van der Waals surface area contributed by atoms with Gasteiger partial charge in [-0.15, -0.1) is 0 Å². The van der Waals surface area contributed by atoms with Gasteiger partial charge in [0.2, 0.25) is 0 Å². The molecule has 224 valence electrons. The molecular weight excluding hydrogens is 548 g/mol. The third-order valence-electron chi connectivity index (χ3n) is 9.06. The molecule has 3 aliphatic rings. The van der Waals surface area contributed by atoms with E-state index in [0.717, 1.165) is 36.2 Å². The fourth-order valence-corrected chi connectivity index (χ4v) is 8.69. The zero-order valence-electron chi connectivity index (χ0n) is 24.7. The third-order valence-corrected chi connectivity index (χ3v) is 10.5. The highest BCUT2D eigenvalue weighted by Gasteiger charge is 2.50. The van der Waals surface area contributed by atoms with Crippen molar-refractivity contribution in [2.45, 2.75) is 82.5 Å². The van der Waals surface area contributed by atoms with Crippen molar-refractivity contribution in [2.24, 2.45) is 10.8 Å². The van der Waals surface area contributed by atoms with Crippen molar-refractivity contribution in [1.82, 2.24) is 4.90 Å². The van der Waals surface area contributed by atoms with Gasteiger partial charge in [-0.05, 0) is 65.5 Å². The molecule has 2 heterocycles. The van der Waals surface area contributed by atoms with Gasteiger partial charge in [0.1, 0.15) is 0 Å². The van der Waals surface area contributed by atoms with Gasteiger partial charge in [-0.1, -0.05) is 75.4 Å². The highest BCUT2D eigenvalue weighted by atomic mass is 32.2. The van der Waals surface area contributed by atoms with Gasteiger partial charge in [-0.2, -0.15) is 0 Å². The lowest BCUT2D eigenvalue weighted by Gasteiger charge is -2.41. The Hall–Kier alpha value is -2.75. The van der Waals surface area contributed by atoms with Crippen LogP contribution >= 0.6 is 0 Å². The second kappa shape index (κ2) is 11.4. The molecule has 2 saturated heterocycles. The molecule has 3 fully saturated rings. The minimum Gasteiger partial charge on any atom is -0.392 e. The first-order chi connectivity index (χ1) is 20.0. The fourth-order valence-electron chi connectivity index (χ4n) is 7.61. The SMILES string of the molecule is CC1(C)CC2CC(C)(CN2C[C@H]2C[C@@H](c3ccc(CO)cc3)O[C@@H](c3ccc(NS(=O)(=O)c4ccccc4)cc3)O2)C1. The number of nitrogens with zero attached hydrogens (tertiary/aromatic N) is 1. The highest BCUT2D eigenvalue weighted by Crippen LogP contribution is 2.53. The van der Waals surface area contributed by atoms with Gasteiger partial charge in [0.25, 0.3) is 10.0 Å². The molecule has 0 amide bonds. The van der Waals surface area contributed by atoms with Crippen molar-refractivity contribution in [3.63, 3.8) is 0 Å². The summed E-state index contributed by atoms with van der Waals surface area (Å²) in [7, 11) is -3.68. The topological polar surface area (TPSA) is 88.1 Å². The smallest absolute Gasteiger partial charge is 0.261 e. The molecule has 1 aliphatic carbocycles. The van der Waals surface area contributed by atoms with Gasteiger partial charge in [0.05, 0.1) is 23.7 Å². The number of ether oxygens (including phenoxy) is 2. The van der Waals surface area contributed by atoms with Gasteiger partial charge in [-0.3, -0.25) is 9.62 Å². The van der Waals surface area contributed by atoms with Crippen LogP contribution in [0.1, 0.15) is 75.5 Å². The van der Waals surface area contributed by atoms with Crippen molar-refractivity contribution < 1.29 is 23.0 Å². The van der Waals surface area contributed by atoms with Crippen LogP contribution in [0.25, 0.3) is 0 Å². The fraction of sp³-hybridized carbons (Fsp3) is 0.471. The Kier molecular flexibility index (Phi) is 7.96. The molecule has 2 bridgehead atoms. The van der Waals surface area contributed by atoms with Crippen molar-refractivity contribution >= 4 is 15.7 Å². The lowest BCUT2D eigenvalue weighted by molar-refractivity contribution is -0.253. The molecule has 2 N–H and O–H groups in total. The second-order valence-corrected chi connectivity index (χ2v) is 15.2. The van der Waals surface area contributed by atoms with Gasteiger partial charge in [0.15, 0.2) is 6.29 Å². The lowest BCUT2D eigenvalue weighted by atomic mass is 9.65. The molecule has 2 unspecified atom stereocenters. The number of aliphatic hydroxyl groups is 1. The largest absolute Gasteiger partial charge is 0.392 e. The molecule has 3 aromatic carbocycles. The van der Waals surface area contributed by atoms with Crippen LogP contribution < -0.4 is 4.72 Å². The van der Waals surface area contributed by atoms with Crippen molar-refractivity contribution in [3.05, 3.63) is 95.6 Å².